The zero-order valence-electron chi connectivity index (χ0n) is 13.2. The molecule has 0 saturated heterocycles. The molecule has 2 N–H and O–H groups in total. The molecule has 0 aromatic carbocycles. The van der Waals surface area contributed by atoms with Crippen LogP contribution in [0.25, 0.3) is 0 Å². The molecule has 0 amide bonds. The molecule has 2 heteroatoms. The SMILES string of the molecule is OC[C@H]1[C@H]2[C@@H]3CC[C@H]4[C@@H](O)[C@H]5[C@H]6[C@H]7CCC[C@H]7[C@@H]1[C@H]6[C@@H]2[C@H]5[C@H]43. The van der Waals surface area contributed by atoms with Gasteiger partial charge in [-0.05, 0) is 103 Å². The lowest BCUT2D eigenvalue weighted by Crippen LogP contribution is -2.30. The zero-order valence-corrected chi connectivity index (χ0v) is 13.2. The van der Waals surface area contributed by atoms with Crippen LogP contribution in [0.2, 0.25) is 0 Å². The summed E-state index contributed by atoms with van der Waals surface area (Å²) in [6.07, 6.45) is 7.00. The van der Waals surface area contributed by atoms with E-state index < -0.39 is 0 Å². The van der Waals surface area contributed by atoms with Crippen molar-refractivity contribution in [3.05, 3.63) is 0 Å². The Morgan fingerprint density at radius 1 is 0.591 bits per heavy atom. The van der Waals surface area contributed by atoms with Crippen LogP contribution < -0.4 is 0 Å². The number of fused-ring (bicyclic) bond motifs is 5. The minimum absolute atomic E-state index is 0.0455. The smallest absolute Gasteiger partial charge is 0.0605 e. The summed E-state index contributed by atoms with van der Waals surface area (Å²) in [4.78, 5) is 0. The van der Waals surface area contributed by atoms with Gasteiger partial charge in [0.25, 0.3) is 0 Å². The highest BCUT2D eigenvalue weighted by molar-refractivity contribution is 5.27. The summed E-state index contributed by atoms with van der Waals surface area (Å²) in [5, 5.41) is 21.4. The molecule has 0 unspecified atom stereocenters. The van der Waals surface area contributed by atoms with Crippen molar-refractivity contribution in [2.75, 3.05) is 6.61 Å². The van der Waals surface area contributed by atoms with Gasteiger partial charge in [-0.25, -0.2) is 0 Å². The quantitative estimate of drug-likeness (QED) is 0.780. The predicted octanol–water partition coefficient (Wildman–Crippen LogP) is 2.40. The van der Waals surface area contributed by atoms with E-state index in [-0.39, 0.29) is 6.10 Å². The highest BCUT2D eigenvalue weighted by Crippen LogP contribution is 2.82. The number of rotatable bonds is 1. The van der Waals surface area contributed by atoms with Crippen LogP contribution in [0.3, 0.4) is 0 Å². The fourth-order valence-electron chi connectivity index (χ4n) is 10.9. The molecule has 0 spiro atoms. The molecular weight excluding hydrogens is 272 g/mol. The third kappa shape index (κ3) is 0.989. The van der Waals surface area contributed by atoms with Crippen molar-refractivity contribution in [1.82, 2.24) is 0 Å². The molecule has 0 radical (unpaired) electrons. The van der Waals surface area contributed by atoms with Gasteiger partial charge < -0.3 is 10.2 Å². The van der Waals surface area contributed by atoms with Gasteiger partial charge in [0.1, 0.15) is 0 Å². The summed E-state index contributed by atoms with van der Waals surface area (Å²) in [7, 11) is 0. The van der Waals surface area contributed by atoms with Crippen molar-refractivity contribution in [2.24, 2.45) is 76.9 Å². The van der Waals surface area contributed by atoms with Gasteiger partial charge in [0, 0.05) is 6.61 Å². The first-order valence-electron chi connectivity index (χ1n) is 10.1. The zero-order chi connectivity index (χ0) is 14.3. The standard InChI is InChI=1S/C20H28O2/c21-6-11-12-7-2-1-3-8(7)15-16(12)17-14(11)9-4-5-10-13(9)18(17)19(15)20(10)22/h7-22H,1-6H2/t7-,8+,9-,10-,11-,12+,13+,14-,15+,16-,17-,18-,19+,20-/m1/s1. The molecule has 7 aliphatic rings. The first-order chi connectivity index (χ1) is 10.8. The summed E-state index contributed by atoms with van der Waals surface area (Å²) < 4.78 is 0. The molecule has 0 bridgehead atoms. The third-order valence-electron chi connectivity index (χ3n) is 10.5. The molecular formula is C20H28O2. The lowest BCUT2D eigenvalue weighted by molar-refractivity contribution is 0.0456. The second-order valence-electron chi connectivity index (χ2n) is 10.1. The molecule has 22 heavy (non-hydrogen) atoms. The molecule has 7 saturated carbocycles. The van der Waals surface area contributed by atoms with E-state index >= 15 is 0 Å². The number of aliphatic hydroxyl groups excluding tert-OH is 2. The Labute approximate surface area is 132 Å². The minimum atomic E-state index is 0.0455. The Hall–Kier alpha value is -0.0800. The van der Waals surface area contributed by atoms with Crippen LogP contribution >= 0.6 is 0 Å². The Kier molecular flexibility index (Phi) is 2.02. The average molecular weight is 300 g/mol. The summed E-state index contributed by atoms with van der Waals surface area (Å²) in [5.41, 5.74) is 0. The largest absolute Gasteiger partial charge is 0.396 e. The van der Waals surface area contributed by atoms with Gasteiger partial charge >= 0.3 is 0 Å². The summed E-state index contributed by atoms with van der Waals surface area (Å²) in [6, 6.07) is 0. The monoisotopic (exact) mass is 300 g/mol. The highest BCUT2D eigenvalue weighted by Gasteiger charge is 2.80. The van der Waals surface area contributed by atoms with E-state index in [1.54, 1.807) is 0 Å². The van der Waals surface area contributed by atoms with Crippen LogP contribution in [0.4, 0.5) is 0 Å². The second kappa shape index (κ2) is 3.61. The van der Waals surface area contributed by atoms with Crippen molar-refractivity contribution >= 4 is 0 Å². The Balaban J connectivity index is 1.46. The van der Waals surface area contributed by atoms with E-state index in [0.29, 0.717) is 24.4 Å². The van der Waals surface area contributed by atoms with Gasteiger partial charge in [-0.1, -0.05) is 6.42 Å². The first-order valence-corrected chi connectivity index (χ1v) is 10.1. The number of hydrogen-bond donors (Lipinski definition) is 2. The fraction of sp³-hybridized carbons (Fsp3) is 1.00. The first kappa shape index (κ1) is 12.3. The lowest BCUT2D eigenvalue weighted by Gasteiger charge is -2.31. The van der Waals surface area contributed by atoms with Gasteiger partial charge in [0.05, 0.1) is 6.10 Å². The van der Waals surface area contributed by atoms with Crippen LogP contribution in [0, 0.1) is 76.9 Å². The van der Waals surface area contributed by atoms with Crippen LogP contribution in [-0.4, -0.2) is 22.9 Å². The summed E-state index contributed by atoms with van der Waals surface area (Å²) in [6.45, 7) is 0.464. The van der Waals surface area contributed by atoms with Crippen LogP contribution in [-0.2, 0) is 0 Å². The van der Waals surface area contributed by atoms with Gasteiger partial charge in [-0.3, -0.25) is 0 Å². The fourth-order valence-corrected chi connectivity index (χ4v) is 10.9. The van der Waals surface area contributed by atoms with Crippen LogP contribution in [0.1, 0.15) is 32.1 Å². The normalized spacial score (nSPS) is 75.0. The molecule has 7 aliphatic carbocycles. The van der Waals surface area contributed by atoms with Gasteiger partial charge in [-0.15, -0.1) is 0 Å². The molecule has 14 atom stereocenters. The van der Waals surface area contributed by atoms with E-state index in [2.05, 4.69) is 0 Å². The summed E-state index contributed by atoms with van der Waals surface area (Å²) in [5.74, 6) is 10.8. The molecule has 2 nitrogen and oxygen atoms in total. The molecule has 0 aliphatic heterocycles. The van der Waals surface area contributed by atoms with Crippen molar-refractivity contribution in [3.63, 3.8) is 0 Å². The Morgan fingerprint density at radius 2 is 1.23 bits per heavy atom. The topological polar surface area (TPSA) is 40.5 Å². The Bertz CT molecular complexity index is 537. The lowest BCUT2D eigenvalue weighted by atomic mass is 9.75. The second-order valence-corrected chi connectivity index (χ2v) is 10.1. The molecule has 7 rings (SSSR count). The maximum absolute atomic E-state index is 11.1. The number of aliphatic hydroxyl groups is 2. The van der Waals surface area contributed by atoms with Crippen molar-refractivity contribution in [3.8, 4) is 0 Å². The van der Waals surface area contributed by atoms with Crippen molar-refractivity contribution in [1.29, 1.82) is 0 Å². The highest BCUT2D eigenvalue weighted by atomic mass is 16.3. The molecule has 0 aromatic heterocycles. The van der Waals surface area contributed by atoms with E-state index in [1.165, 1.54) is 32.1 Å². The Morgan fingerprint density at radius 3 is 2.05 bits per heavy atom. The van der Waals surface area contributed by atoms with Crippen molar-refractivity contribution < 1.29 is 10.2 Å². The van der Waals surface area contributed by atoms with Crippen LogP contribution in [0.5, 0.6) is 0 Å². The average Bonchev–Trinajstić information content (AvgIpc) is 3.26. The maximum Gasteiger partial charge on any atom is 0.0605 e. The molecule has 7 fully saturated rings. The van der Waals surface area contributed by atoms with Gasteiger partial charge in [0.15, 0.2) is 0 Å². The van der Waals surface area contributed by atoms with Crippen LogP contribution in [0.15, 0.2) is 0 Å². The molecule has 0 heterocycles. The maximum atomic E-state index is 11.1. The molecule has 0 aromatic rings. The summed E-state index contributed by atoms with van der Waals surface area (Å²) >= 11 is 0. The predicted molar refractivity (Wildman–Crippen MR) is 81.5 cm³/mol. The number of hydrogen-bond acceptors (Lipinski definition) is 2. The van der Waals surface area contributed by atoms with Gasteiger partial charge in [-0.2, -0.15) is 0 Å². The minimum Gasteiger partial charge on any atom is -0.396 e. The van der Waals surface area contributed by atoms with Gasteiger partial charge in [0.2, 0.25) is 0 Å². The van der Waals surface area contributed by atoms with E-state index in [9.17, 15) is 10.2 Å². The molecule has 120 valence electrons. The van der Waals surface area contributed by atoms with E-state index in [4.69, 9.17) is 0 Å². The van der Waals surface area contributed by atoms with E-state index in [0.717, 1.165) is 59.2 Å². The van der Waals surface area contributed by atoms with E-state index in [1.807, 2.05) is 0 Å². The third-order valence-corrected chi connectivity index (χ3v) is 10.5. The van der Waals surface area contributed by atoms with Crippen molar-refractivity contribution in [2.45, 2.75) is 38.2 Å².